The van der Waals surface area contributed by atoms with Crippen molar-refractivity contribution < 1.29 is 4.79 Å². The predicted octanol–water partition coefficient (Wildman–Crippen LogP) is 3.38. The summed E-state index contributed by atoms with van der Waals surface area (Å²) < 4.78 is 0. The lowest BCUT2D eigenvalue weighted by Crippen LogP contribution is -2.57. The van der Waals surface area contributed by atoms with Crippen LogP contribution in [0, 0.1) is 23.7 Å². The van der Waals surface area contributed by atoms with E-state index < -0.39 is 0 Å². The molecule has 0 unspecified atom stereocenters. The summed E-state index contributed by atoms with van der Waals surface area (Å²) in [6.07, 6.45) is 7.97. The van der Waals surface area contributed by atoms with Crippen molar-refractivity contribution in [2.75, 3.05) is 11.4 Å². The van der Waals surface area contributed by atoms with E-state index in [0.717, 1.165) is 30.1 Å². The molecule has 1 aromatic carbocycles. The number of para-hydroxylation sites is 1. The average molecular weight is 324 g/mol. The fraction of sp³-hybridized carbons (Fsp3) is 0.667. The first kappa shape index (κ1) is 14.8. The van der Waals surface area contributed by atoms with Crippen LogP contribution >= 0.6 is 0 Å². The zero-order chi connectivity index (χ0) is 16.3. The summed E-state index contributed by atoms with van der Waals surface area (Å²) in [7, 11) is 0. The van der Waals surface area contributed by atoms with Crippen molar-refractivity contribution in [3.63, 3.8) is 0 Å². The molecule has 0 saturated heterocycles. The van der Waals surface area contributed by atoms with E-state index in [1.54, 1.807) is 0 Å². The number of nitrogens with one attached hydrogen (secondary N) is 1. The molecule has 4 aliphatic carbocycles. The van der Waals surface area contributed by atoms with Gasteiger partial charge in [0.1, 0.15) is 0 Å². The van der Waals surface area contributed by atoms with Crippen LogP contribution in [0.2, 0.25) is 0 Å². The van der Waals surface area contributed by atoms with Gasteiger partial charge in [0, 0.05) is 17.8 Å². The van der Waals surface area contributed by atoms with Gasteiger partial charge in [0.25, 0.3) is 0 Å². The number of rotatable bonds is 3. The molecule has 1 amide bonds. The highest BCUT2D eigenvalue weighted by Gasteiger charge is 2.48. The quantitative estimate of drug-likeness (QED) is 0.924. The summed E-state index contributed by atoms with van der Waals surface area (Å²) in [5, 5.41) is 3.46. The summed E-state index contributed by atoms with van der Waals surface area (Å²) in [4.78, 5) is 15.1. The first-order chi connectivity index (χ1) is 11.7. The number of hydrogen-bond acceptors (Lipinski definition) is 2. The molecule has 5 aliphatic rings. The van der Waals surface area contributed by atoms with Crippen molar-refractivity contribution >= 4 is 11.6 Å². The number of amides is 1. The van der Waals surface area contributed by atoms with E-state index >= 15 is 0 Å². The predicted molar refractivity (Wildman–Crippen MR) is 95.9 cm³/mol. The van der Waals surface area contributed by atoms with E-state index in [1.165, 1.54) is 43.4 Å². The molecule has 3 heteroatoms. The molecule has 6 rings (SSSR count). The highest BCUT2D eigenvalue weighted by molar-refractivity contribution is 5.83. The highest BCUT2D eigenvalue weighted by atomic mass is 16.2. The van der Waals surface area contributed by atoms with Gasteiger partial charge in [-0.15, -0.1) is 0 Å². The zero-order valence-corrected chi connectivity index (χ0v) is 14.6. The van der Waals surface area contributed by atoms with Crippen LogP contribution in [0.5, 0.6) is 0 Å². The molecule has 3 nitrogen and oxygen atoms in total. The first-order valence-corrected chi connectivity index (χ1v) is 9.81. The maximum atomic E-state index is 12.8. The lowest BCUT2D eigenvalue weighted by Gasteiger charge is -2.54. The molecule has 4 fully saturated rings. The molecule has 0 radical (unpaired) electrons. The van der Waals surface area contributed by atoms with Crippen LogP contribution in [0.4, 0.5) is 5.69 Å². The van der Waals surface area contributed by atoms with Crippen LogP contribution in [-0.4, -0.2) is 24.5 Å². The van der Waals surface area contributed by atoms with Crippen molar-refractivity contribution in [3.05, 3.63) is 29.8 Å². The number of carbonyl (C=O) groups excluding carboxylic acids is 1. The molecule has 0 spiro atoms. The maximum absolute atomic E-state index is 12.8. The second-order valence-electron chi connectivity index (χ2n) is 8.83. The third-order valence-electron chi connectivity index (χ3n) is 7.22. The summed E-state index contributed by atoms with van der Waals surface area (Å²) in [5.74, 6) is 3.68. The van der Waals surface area contributed by atoms with E-state index in [9.17, 15) is 4.79 Å². The number of hydrogen-bond donors (Lipinski definition) is 1. The minimum Gasteiger partial charge on any atom is -0.359 e. The fourth-order valence-electron chi connectivity index (χ4n) is 6.42. The molecular weight excluding hydrogens is 296 g/mol. The molecule has 1 aliphatic heterocycles. The minimum absolute atomic E-state index is 0.232. The number of anilines is 1. The van der Waals surface area contributed by atoms with Gasteiger partial charge in [-0.2, -0.15) is 0 Å². The van der Waals surface area contributed by atoms with Gasteiger partial charge in [0.2, 0.25) is 5.91 Å². The van der Waals surface area contributed by atoms with E-state index in [2.05, 4.69) is 41.4 Å². The second kappa shape index (κ2) is 5.50. The first-order valence-electron chi connectivity index (χ1n) is 9.81. The van der Waals surface area contributed by atoms with Crippen LogP contribution in [0.1, 0.15) is 44.6 Å². The molecule has 1 N–H and O–H groups in total. The maximum Gasteiger partial charge on any atom is 0.239 e. The Bertz CT molecular complexity index is 627. The summed E-state index contributed by atoms with van der Waals surface area (Å²) in [6.45, 7) is 2.75. The Kier molecular flexibility index (Phi) is 3.39. The summed E-state index contributed by atoms with van der Waals surface area (Å²) >= 11 is 0. The monoisotopic (exact) mass is 324 g/mol. The van der Waals surface area contributed by atoms with Gasteiger partial charge >= 0.3 is 0 Å². The third-order valence-corrected chi connectivity index (χ3v) is 7.22. The Balaban J connectivity index is 1.27. The number of benzene rings is 1. The van der Waals surface area contributed by atoms with Crippen molar-refractivity contribution in [2.24, 2.45) is 23.7 Å². The molecule has 1 heterocycles. The Hall–Kier alpha value is -1.51. The smallest absolute Gasteiger partial charge is 0.239 e. The summed E-state index contributed by atoms with van der Waals surface area (Å²) in [6, 6.07) is 9.42. The normalized spacial score (nSPS) is 39.1. The van der Waals surface area contributed by atoms with Gasteiger partial charge in [-0.25, -0.2) is 0 Å². The summed E-state index contributed by atoms with van der Waals surface area (Å²) in [5.41, 5.74) is 2.64. The van der Waals surface area contributed by atoms with Gasteiger partial charge in [-0.05, 0) is 80.8 Å². The van der Waals surface area contributed by atoms with Crippen LogP contribution in [0.25, 0.3) is 0 Å². The second-order valence-corrected chi connectivity index (χ2v) is 8.83. The van der Waals surface area contributed by atoms with Crippen molar-refractivity contribution in [3.8, 4) is 0 Å². The van der Waals surface area contributed by atoms with Crippen molar-refractivity contribution in [1.82, 2.24) is 5.32 Å². The van der Waals surface area contributed by atoms with E-state index in [0.29, 0.717) is 18.6 Å². The minimum atomic E-state index is 0.232. The van der Waals surface area contributed by atoms with E-state index in [1.807, 2.05) is 0 Å². The molecule has 4 saturated carbocycles. The van der Waals surface area contributed by atoms with Crippen molar-refractivity contribution in [1.29, 1.82) is 0 Å². The average Bonchev–Trinajstić information content (AvgIpc) is 2.86. The highest BCUT2D eigenvalue weighted by Crippen LogP contribution is 2.53. The molecule has 24 heavy (non-hydrogen) atoms. The van der Waals surface area contributed by atoms with Gasteiger partial charge < -0.3 is 10.2 Å². The molecule has 1 atom stereocenters. The van der Waals surface area contributed by atoms with Gasteiger partial charge in [0.15, 0.2) is 0 Å². The van der Waals surface area contributed by atoms with E-state index in [4.69, 9.17) is 0 Å². The van der Waals surface area contributed by atoms with Crippen LogP contribution in [0.3, 0.4) is 0 Å². The third kappa shape index (κ3) is 2.35. The van der Waals surface area contributed by atoms with Gasteiger partial charge in [-0.1, -0.05) is 18.2 Å². The molecule has 128 valence electrons. The Morgan fingerprint density at radius 3 is 2.46 bits per heavy atom. The Morgan fingerprint density at radius 1 is 1.08 bits per heavy atom. The number of carbonyl (C=O) groups is 1. The topological polar surface area (TPSA) is 32.3 Å². The lowest BCUT2D eigenvalue weighted by atomic mass is 9.54. The Labute approximate surface area is 144 Å². The van der Waals surface area contributed by atoms with Crippen molar-refractivity contribution in [2.45, 2.75) is 57.5 Å². The standard InChI is InChI=1S/C21H28N2O/c1-13-6-16-4-2-3-5-19(16)23(13)12-20(24)22-21-17-8-14-7-15(10-17)11-18(21)9-14/h2-5,13-15,17-18,21H,6-12H2,1H3,(H,22,24)/t13-,14?,15?,17?,18?,21?/m1/s1. The largest absolute Gasteiger partial charge is 0.359 e. The van der Waals surface area contributed by atoms with Crippen LogP contribution in [0.15, 0.2) is 24.3 Å². The van der Waals surface area contributed by atoms with Gasteiger partial charge in [0.05, 0.1) is 6.54 Å². The molecule has 0 aromatic heterocycles. The molecular formula is C21H28N2O. The fourth-order valence-corrected chi connectivity index (χ4v) is 6.42. The lowest BCUT2D eigenvalue weighted by molar-refractivity contribution is -0.123. The molecule has 4 bridgehead atoms. The van der Waals surface area contributed by atoms with E-state index in [-0.39, 0.29) is 5.91 Å². The number of nitrogens with zero attached hydrogens (tertiary/aromatic N) is 1. The SMILES string of the molecule is C[C@@H]1Cc2ccccc2N1CC(=O)NC1C2CC3CC(C2)CC1C3. The van der Waals surface area contributed by atoms with Crippen LogP contribution < -0.4 is 10.2 Å². The zero-order valence-electron chi connectivity index (χ0n) is 14.6. The van der Waals surface area contributed by atoms with Crippen LogP contribution in [-0.2, 0) is 11.2 Å². The molecule has 1 aromatic rings. The Morgan fingerprint density at radius 2 is 1.75 bits per heavy atom. The number of fused-ring (bicyclic) bond motifs is 1. The van der Waals surface area contributed by atoms with Gasteiger partial charge in [-0.3, -0.25) is 4.79 Å².